The summed E-state index contributed by atoms with van der Waals surface area (Å²) in [6, 6.07) is 0. The Bertz CT molecular complexity index is 349. The Morgan fingerprint density at radius 3 is 3.07 bits per heavy atom. The molecule has 1 N–H and O–H groups in total. The zero-order valence-corrected chi connectivity index (χ0v) is 8.08. The summed E-state index contributed by atoms with van der Waals surface area (Å²) in [5, 5.41) is 9.30. The molecule has 1 saturated heterocycles. The summed E-state index contributed by atoms with van der Waals surface area (Å²) < 4.78 is 13.2. The Morgan fingerprint density at radius 1 is 1.64 bits per heavy atom. The summed E-state index contributed by atoms with van der Waals surface area (Å²) in [6.45, 7) is 0.982. The number of β-amino-alcohol motifs (C(OH)–C–C–N with tert-alkyl or cyclic N) is 1. The van der Waals surface area contributed by atoms with Gasteiger partial charge in [0.05, 0.1) is 12.3 Å². The van der Waals surface area contributed by atoms with Crippen molar-refractivity contribution >= 4 is 17.4 Å². The molecule has 0 spiro atoms. The third-order valence-corrected chi connectivity index (χ3v) is 2.34. The van der Waals surface area contributed by atoms with E-state index in [-0.39, 0.29) is 11.1 Å². The lowest BCUT2D eigenvalue weighted by Crippen LogP contribution is -2.23. The van der Waals surface area contributed by atoms with Gasteiger partial charge in [0.15, 0.2) is 11.6 Å². The van der Waals surface area contributed by atoms with Crippen LogP contribution in [0.25, 0.3) is 0 Å². The zero-order chi connectivity index (χ0) is 10.1. The molecule has 76 valence electrons. The van der Waals surface area contributed by atoms with Crippen LogP contribution in [-0.2, 0) is 0 Å². The minimum absolute atomic E-state index is 0.0165. The van der Waals surface area contributed by atoms with Gasteiger partial charge in [0.1, 0.15) is 0 Å². The maximum Gasteiger partial charge on any atom is 0.224 e. The molecule has 6 heteroatoms. The van der Waals surface area contributed by atoms with Gasteiger partial charge in [-0.2, -0.15) is 4.98 Å². The van der Waals surface area contributed by atoms with Crippen molar-refractivity contribution < 1.29 is 9.50 Å². The van der Waals surface area contributed by atoms with Crippen LogP contribution in [-0.4, -0.2) is 34.3 Å². The first-order valence-corrected chi connectivity index (χ1v) is 4.65. The largest absolute Gasteiger partial charge is 0.391 e. The van der Waals surface area contributed by atoms with Gasteiger partial charge in [-0.15, -0.1) is 0 Å². The number of aliphatic hydroxyl groups excluding tert-OH is 1. The van der Waals surface area contributed by atoms with Crippen LogP contribution in [0.1, 0.15) is 6.42 Å². The van der Waals surface area contributed by atoms with Crippen LogP contribution in [0, 0.1) is 5.82 Å². The number of halogens is 2. The minimum Gasteiger partial charge on any atom is -0.391 e. The van der Waals surface area contributed by atoms with Crippen LogP contribution in [0.2, 0.25) is 5.28 Å². The molecule has 4 nitrogen and oxygen atoms in total. The number of hydrogen-bond acceptors (Lipinski definition) is 4. The topological polar surface area (TPSA) is 49.2 Å². The Labute approximate surface area is 85.3 Å². The van der Waals surface area contributed by atoms with Gasteiger partial charge < -0.3 is 10.0 Å². The van der Waals surface area contributed by atoms with Gasteiger partial charge in [0, 0.05) is 13.1 Å². The number of nitrogens with zero attached hydrogens (tertiary/aromatic N) is 3. The maximum atomic E-state index is 13.2. The van der Waals surface area contributed by atoms with Crippen LogP contribution in [0.15, 0.2) is 6.20 Å². The average Bonchev–Trinajstić information content (AvgIpc) is 2.56. The molecule has 0 saturated carbocycles. The van der Waals surface area contributed by atoms with Crippen LogP contribution in [0.3, 0.4) is 0 Å². The van der Waals surface area contributed by atoms with E-state index in [1.807, 2.05) is 0 Å². The van der Waals surface area contributed by atoms with Crippen molar-refractivity contribution in [2.75, 3.05) is 18.0 Å². The van der Waals surface area contributed by atoms with Crippen molar-refractivity contribution in [1.82, 2.24) is 9.97 Å². The predicted molar refractivity (Wildman–Crippen MR) is 49.8 cm³/mol. The maximum absolute atomic E-state index is 13.2. The lowest BCUT2D eigenvalue weighted by atomic mass is 10.3. The van der Waals surface area contributed by atoms with Gasteiger partial charge in [-0.1, -0.05) is 0 Å². The first-order valence-electron chi connectivity index (χ1n) is 4.28. The minimum atomic E-state index is -0.511. The smallest absolute Gasteiger partial charge is 0.224 e. The van der Waals surface area contributed by atoms with E-state index in [9.17, 15) is 9.50 Å². The molecule has 1 aromatic rings. The number of anilines is 1. The molecule has 0 amide bonds. The van der Waals surface area contributed by atoms with Crippen LogP contribution in [0.4, 0.5) is 10.2 Å². The van der Waals surface area contributed by atoms with Gasteiger partial charge in [-0.3, -0.25) is 0 Å². The molecule has 1 aliphatic rings. The Kier molecular flexibility index (Phi) is 2.52. The number of aliphatic hydroxyl groups is 1. The van der Waals surface area contributed by atoms with E-state index >= 15 is 0 Å². The molecule has 0 radical (unpaired) electrons. The first-order chi connectivity index (χ1) is 6.66. The molecule has 1 aliphatic heterocycles. The van der Waals surface area contributed by atoms with Crippen molar-refractivity contribution in [3.05, 3.63) is 17.3 Å². The SMILES string of the molecule is OC1CCN(c2nc(Cl)ncc2F)C1. The average molecular weight is 218 g/mol. The first kappa shape index (κ1) is 9.61. The molecule has 2 heterocycles. The Balaban J connectivity index is 2.27. The van der Waals surface area contributed by atoms with E-state index in [2.05, 4.69) is 9.97 Å². The third-order valence-electron chi connectivity index (χ3n) is 2.16. The molecule has 1 aromatic heterocycles. The van der Waals surface area contributed by atoms with Gasteiger partial charge in [-0.05, 0) is 18.0 Å². The summed E-state index contributed by atoms with van der Waals surface area (Å²) in [7, 11) is 0. The lowest BCUT2D eigenvalue weighted by Gasteiger charge is -2.16. The second-order valence-electron chi connectivity index (χ2n) is 3.20. The molecule has 2 rings (SSSR count). The van der Waals surface area contributed by atoms with E-state index in [4.69, 9.17) is 11.6 Å². The highest BCUT2D eigenvalue weighted by Gasteiger charge is 2.24. The Morgan fingerprint density at radius 2 is 2.43 bits per heavy atom. The normalized spacial score (nSPS) is 21.6. The van der Waals surface area contributed by atoms with Crippen molar-refractivity contribution in [2.24, 2.45) is 0 Å². The highest BCUT2D eigenvalue weighted by atomic mass is 35.5. The van der Waals surface area contributed by atoms with Crippen molar-refractivity contribution in [3.63, 3.8) is 0 Å². The standard InChI is InChI=1S/C8H9ClFN3O/c9-8-11-3-6(10)7(12-8)13-2-1-5(14)4-13/h3,5,14H,1-2,4H2. The highest BCUT2D eigenvalue weighted by Crippen LogP contribution is 2.21. The summed E-state index contributed by atoms with van der Waals surface area (Å²) in [5.41, 5.74) is 0. The van der Waals surface area contributed by atoms with E-state index in [0.29, 0.717) is 19.5 Å². The second kappa shape index (κ2) is 3.67. The summed E-state index contributed by atoms with van der Waals surface area (Å²) in [5.74, 6) is -0.343. The van der Waals surface area contributed by atoms with Crippen LogP contribution >= 0.6 is 11.6 Å². The third kappa shape index (κ3) is 1.78. The van der Waals surface area contributed by atoms with Gasteiger partial charge in [0.2, 0.25) is 5.28 Å². The van der Waals surface area contributed by atoms with E-state index in [1.165, 1.54) is 0 Å². The molecular weight excluding hydrogens is 209 g/mol. The molecule has 14 heavy (non-hydrogen) atoms. The highest BCUT2D eigenvalue weighted by molar-refractivity contribution is 6.28. The van der Waals surface area contributed by atoms with E-state index in [0.717, 1.165) is 6.20 Å². The molecule has 0 aromatic carbocycles. The summed E-state index contributed by atoms with van der Waals surface area (Å²) in [6.07, 6.45) is 1.25. The summed E-state index contributed by atoms with van der Waals surface area (Å²) >= 11 is 5.55. The quantitative estimate of drug-likeness (QED) is 0.709. The molecule has 0 aliphatic carbocycles. The summed E-state index contributed by atoms with van der Waals surface area (Å²) in [4.78, 5) is 8.96. The zero-order valence-electron chi connectivity index (χ0n) is 7.32. The molecule has 1 unspecified atom stereocenters. The monoisotopic (exact) mass is 217 g/mol. The van der Waals surface area contributed by atoms with Gasteiger partial charge >= 0.3 is 0 Å². The van der Waals surface area contributed by atoms with E-state index in [1.54, 1.807) is 4.90 Å². The van der Waals surface area contributed by atoms with Crippen molar-refractivity contribution in [2.45, 2.75) is 12.5 Å². The van der Waals surface area contributed by atoms with Crippen LogP contribution in [0.5, 0.6) is 0 Å². The van der Waals surface area contributed by atoms with Crippen molar-refractivity contribution in [3.8, 4) is 0 Å². The second-order valence-corrected chi connectivity index (χ2v) is 3.54. The Hall–Kier alpha value is -0.940. The fourth-order valence-corrected chi connectivity index (χ4v) is 1.62. The lowest BCUT2D eigenvalue weighted by molar-refractivity contribution is 0.198. The molecular formula is C8H9ClFN3O. The number of rotatable bonds is 1. The van der Waals surface area contributed by atoms with Crippen LogP contribution < -0.4 is 4.90 Å². The molecule has 0 bridgehead atoms. The molecule has 1 atom stereocenters. The predicted octanol–water partition coefficient (Wildman–Crippen LogP) is 0.840. The number of hydrogen-bond donors (Lipinski definition) is 1. The fraction of sp³-hybridized carbons (Fsp3) is 0.500. The van der Waals surface area contributed by atoms with Gasteiger partial charge in [0.25, 0.3) is 0 Å². The van der Waals surface area contributed by atoms with Crippen molar-refractivity contribution in [1.29, 1.82) is 0 Å². The number of aromatic nitrogens is 2. The molecule has 1 fully saturated rings. The fourth-order valence-electron chi connectivity index (χ4n) is 1.49. The van der Waals surface area contributed by atoms with Gasteiger partial charge in [-0.25, -0.2) is 9.37 Å². The van der Waals surface area contributed by atoms with E-state index < -0.39 is 11.9 Å².